The standard InChI is InChI=1S/C24H29ClN2O5S/c1-17(2)26-23(28)16-32-24(29)20-8-9-21(25)22(15-20)33(30,31)27-12-10-19(11-13-27)14-18-6-4-3-5-7-18/h3-9,15,17,19H,10-14,16H2,1-2H3,(H,26,28). The third-order valence-corrected chi connectivity index (χ3v) is 7.89. The molecule has 1 N–H and O–H groups in total. The first-order valence-corrected chi connectivity index (χ1v) is 12.8. The summed E-state index contributed by atoms with van der Waals surface area (Å²) in [6, 6.07) is 14.0. The molecule has 1 heterocycles. The number of esters is 1. The Bertz CT molecular complexity index is 1080. The quantitative estimate of drug-likeness (QED) is 0.567. The molecule has 2 aromatic rings. The van der Waals surface area contributed by atoms with Crippen LogP contribution >= 0.6 is 11.6 Å². The Morgan fingerprint density at radius 1 is 1.12 bits per heavy atom. The highest BCUT2D eigenvalue weighted by atomic mass is 35.5. The van der Waals surface area contributed by atoms with E-state index in [1.165, 1.54) is 28.1 Å². The molecule has 1 aliphatic rings. The van der Waals surface area contributed by atoms with Crippen LogP contribution in [0.15, 0.2) is 53.4 Å². The van der Waals surface area contributed by atoms with Gasteiger partial charge in [0.2, 0.25) is 10.0 Å². The van der Waals surface area contributed by atoms with E-state index in [9.17, 15) is 18.0 Å². The molecule has 0 radical (unpaired) electrons. The molecule has 1 aliphatic heterocycles. The second kappa shape index (κ2) is 11.1. The highest BCUT2D eigenvalue weighted by Crippen LogP contribution is 2.30. The van der Waals surface area contributed by atoms with Crippen LogP contribution in [0.3, 0.4) is 0 Å². The van der Waals surface area contributed by atoms with Crippen molar-refractivity contribution in [1.82, 2.24) is 9.62 Å². The van der Waals surface area contributed by atoms with Gasteiger partial charge in [0.1, 0.15) is 4.90 Å². The van der Waals surface area contributed by atoms with E-state index in [-0.39, 0.29) is 21.5 Å². The SMILES string of the molecule is CC(C)NC(=O)COC(=O)c1ccc(Cl)c(S(=O)(=O)N2CCC(Cc3ccccc3)CC2)c1. The molecule has 1 saturated heterocycles. The smallest absolute Gasteiger partial charge is 0.338 e. The molecule has 33 heavy (non-hydrogen) atoms. The average Bonchev–Trinajstić information content (AvgIpc) is 2.78. The first-order chi connectivity index (χ1) is 15.7. The fraction of sp³-hybridized carbons (Fsp3) is 0.417. The zero-order chi connectivity index (χ0) is 24.0. The molecule has 0 saturated carbocycles. The van der Waals surface area contributed by atoms with Crippen molar-refractivity contribution in [2.75, 3.05) is 19.7 Å². The van der Waals surface area contributed by atoms with Gasteiger partial charge >= 0.3 is 5.97 Å². The summed E-state index contributed by atoms with van der Waals surface area (Å²) in [6.45, 7) is 3.91. The summed E-state index contributed by atoms with van der Waals surface area (Å²) >= 11 is 6.20. The molecule has 3 rings (SSSR count). The molecule has 1 amide bonds. The van der Waals surface area contributed by atoms with Crippen LogP contribution in [0.4, 0.5) is 0 Å². The fourth-order valence-electron chi connectivity index (χ4n) is 3.85. The number of piperidine rings is 1. The van der Waals surface area contributed by atoms with Gasteiger partial charge in [0, 0.05) is 19.1 Å². The molecular formula is C24H29ClN2O5S. The van der Waals surface area contributed by atoms with Gasteiger partial charge < -0.3 is 10.1 Å². The van der Waals surface area contributed by atoms with E-state index in [0.29, 0.717) is 19.0 Å². The minimum Gasteiger partial charge on any atom is -0.452 e. The molecule has 178 valence electrons. The second-order valence-electron chi connectivity index (χ2n) is 8.48. The number of nitrogens with one attached hydrogen (secondary N) is 1. The number of sulfonamides is 1. The van der Waals surface area contributed by atoms with Gasteiger partial charge in [0.05, 0.1) is 10.6 Å². The van der Waals surface area contributed by atoms with Crippen LogP contribution in [0.2, 0.25) is 5.02 Å². The number of hydrogen-bond acceptors (Lipinski definition) is 5. The molecular weight excluding hydrogens is 464 g/mol. The highest BCUT2D eigenvalue weighted by Gasteiger charge is 2.31. The predicted molar refractivity (Wildman–Crippen MR) is 127 cm³/mol. The van der Waals surface area contributed by atoms with Crippen LogP contribution in [-0.4, -0.2) is 50.3 Å². The van der Waals surface area contributed by atoms with E-state index in [1.54, 1.807) is 13.8 Å². The van der Waals surface area contributed by atoms with Gasteiger partial charge in [-0.2, -0.15) is 4.31 Å². The van der Waals surface area contributed by atoms with Gasteiger partial charge in [-0.05, 0) is 62.8 Å². The van der Waals surface area contributed by atoms with Crippen LogP contribution < -0.4 is 5.32 Å². The lowest BCUT2D eigenvalue weighted by atomic mass is 9.91. The van der Waals surface area contributed by atoms with Crippen LogP contribution in [0.25, 0.3) is 0 Å². The lowest BCUT2D eigenvalue weighted by Crippen LogP contribution is -2.39. The maximum Gasteiger partial charge on any atom is 0.338 e. The second-order valence-corrected chi connectivity index (χ2v) is 10.8. The molecule has 0 aromatic heterocycles. The maximum atomic E-state index is 13.3. The monoisotopic (exact) mass is 492 g/mol. The molecule has 0 bridgehead atoms. The fourth-order valence-corrected chi connectivity index (χ4v) is 5.82. The number of rotatable bonds is 8. The van der Waals surface area contributed by atoms with Gasteiger partial charge in [0.25, 0.3) is 5.91 Å². The number of carbonyl (C=O) groups is 2. The summed E-state index contributed by atoms with van der Waals surface area (Å²) in [4.78, 5) is 23.9. The summed E-state index contributed by atoms with van der Waals surface area (Å²) in [7, 11) is -3.88. The van der Waals surface area contributed by atoms with Crippen molar-refractivity contribution in [3.63, 3.8) is 0 Å². The minimum absolute atomic E-state index is 0.0225. The largest absolute Gasteiger partial charge is 0.452 e. The summed E-state index contributed by atoms with van der Waals surface area (Å²) in [5.41, 5.74) is 1.27. The lowest BCUT2D eigenvalue weighted by molar-refractivity contribution is -0.124. The Labute approximate surface area is 200 Å². The van der Waals surface area contributed by atoms with Crippen LogP contribution in [0.5, 0.6) is 0 Å². The summed E-state index contributed by atoms with van der Waals surface area (Å²) in [5.74, 6) is -0.810. The summed E-state index contributed by atoms with van der Waals surface area (Å²) in [6.07, 6.45) is 2.41. The number of nitrogens with zero attached hydrogens (tertiary/aromatic N) is 1. The topological polar surface area (TPSA) is 92.8 Å². The van der Waals surface area contributed by atoms with Crippen LogP contribution in [0, 0.1) is 5.92 Å². The average molecular weight is 493 g/mol. The summed E-state index contributed by atoms with van der Waals surface area (Å²) < 4.78 is 33.0. The number of amides is 1. The van der Waals surface area contributed by atoms with Crippen LogP contribution in [0.1, 0.15) is 42.6 Å². The van der Waals surface area contributed by atoms with E-state index in [4.69, 9.17) is 16.3 Å². The van der Waals surface area contributed by atoms with Crippen molar-refractivity contribution in [3.05, 3.63) is 64.7 Å². The first-order valence-electron chi connectivity index (χ1n) is 11.0. The van der Waals surface area contributed by atoms with E-state index < -0.39 is 28.5 Å². The summed E-state index contributed by atoms with van der Waals surface area (Å²) in [5, 5.41) is 2.65. The Morgan fingerprint density at radius 3 is 2.42 bits per heavy atom. The lowest BCUT2D eigenvalue weighted by Gasteiger charge is -2.31. The Morgan fingerprint density at radius 2 is 1.79 bits per heavy atom. The van der Waals surface area contributed by atoms with Gasteiger partial charge in [-0.15, -0.1) is 0 Å². The predicted octanol–water partition coefficient (Wildman–Crippen LogP) is 3.66. The van der Waals surface area contributed by atoms with E-state index >= 15 is 0 Å². The molecule has 0 atom stereocenters. The number of hydrogen-bond donors (Lipinski definition) is 1. The molecule has 1 fully saturated rings. The van der Waals surface area contributed by atoms with Crippen molar-refractivity contribution in [2.45, 2.75) is 44.0 Å². The van der Waals surface area contributed by atoms with Crippen molar-refractivity contribution in [1.29, 1.82) is 0 Å². The van der Waals surface area contributed by atoms with Crippen LogP contribution in [-0.2, 0) is 26.0 Å². The van der Waals surface area contributed by atoms with Gasteiger partial charge in [-0.3, -0.25) is 4.79 Å². The van der Waals surface area contributed by atoms with E-state index in [1.807, 2.05) is 18.2 Å². The molecule has 0 spiro atoms. The van der Waals surface area contributed by atoms with Crippen molar-refractivity contribution in [2.24, 2.45) is 5.92 Å². The van der Waals surface area contributed by atoms with Crippen molar-refractivity contribution in [3.8, 4) is 0 Å². The number of ether oxygens (including phenoxy) is 1. The van der Waals surface area contributed by atoms with Gasteiger partial charge in [0.15, 0.2) is 6.61 Å². The number of halogens is 1. The number of benzene rings is 2. The molecule has 9 heteroatoms. The van der Waals surface area contributed by atoms with Gasteiger partial charge in [-0.1, -0.05) is 41.9 Å². The third kappa shape index (κ3) is 6.79. The maximum absolute atomic E-state index is 13.3. The minimum atomic E-state index is -3.88. The Balaban J connectivity index is 1.65. The Hall–Kier alpha value is -2.42. The van der Waals surface area contributed by atoms with E-state index in [2.05, 4.69) is 17.4 Å². The Kier molecular flexibility index (Phi) is 8.51. The third-order valence-electron chi connectivity index (χ3n) is 5.51. The normalized spacial score (nSPS) is 15.4. The highest BCUT2D eigenvalue weighted by molar-refractivity contribution is 7.89. The molecule has 0 unspecified atom stereocenters. The zero-order valence-electron chi connectivity index (χ0n) is 18.8. The molecule has 0 aliphatic carbocycles. The van der Waals surface area contributed by atoms with Crippen molar-refractivity contribution < 1.29 is 22.7 Å². The first kappa shape index (κ1) is 25.2. The van der Waals surface area contributed by atoms with Gasteiger partial charge in [-0.25, -0.2) is 13.2 Å². The number of carbonyl (C=O) groups excluding carboxylic acids is 2. The van der Waals surface area contributed by atoms with Crippen molar-refractivity contribution >= 4 is 33.5 Å². The zero-order valence-corrected chi connectivity index (χ0v) is 20.4. The molecule has 2 aromatic carbocycles. The molecule has 7 nitrogen and oxygen atoms in total. The van der Waals surface area contributed by atoms with E-state index in [0.717, 1.165) is 19.3 Å².